The van der Waals surface area contributed by atoms with Gasteiger partial charge in [-0.1, -0.05) is 6.07 Å². The number of ether oxygens (including phenoxy) is 1. The van der Waals surface area contributed by atoms with E-state index in [1.165, 1.54) is 11.3 Å². The number of anilines is 1. The molecule has 0 fully saturated rings. The molecule has 1 aromatic carbocycles. The van der Waals surface area contributed by atoms with Gasteiger partial charge in [-0.25, -0.2) is 0 Å². The van der Waals surface area contributed by atoms with Crippen LogP contribution in [0, 0.1) is 0 Å². The monoisotopic (exact) mass is 408 g/mol. The number of nitrogens with one attached hydrogen (secondary N) is 2. The summed E-state index contributed by atoms with van der Waals surface area (Å²) in [7, 11) is 0. The maximum absolute atomic E-state index is 12.0. The first-order valence-electron chi connectivity index (χ1n) is 7.17. The zero-order valence-electron chi connectivity index (χ0n) is 12.4. The molecule has 8 heteroatoms. The maximum atomic E-state index is 12.0. The van der Waals surface area contributed by atoms with E-state index in [1.54, 1.807) is 30.3 Å². The van der Waals surface area contributed by atoms with Crippen molar-refractivity contribution in [1.82, 2.24) is 5.32 Å². The highest BCUT2D eigenvalue weighted by Crippen LogP contribution is 2.32. The smallest absolute Gasteiger partial charge is 0.261 e. The SMILES string of the molecule is O=C(CNC(=O)c1ccc(Br)s1)Nc1cccc2c1OCCC2=O. The summed E-state index contributed by atoms with van der Waals surface area (Å²) >= 11 is 4.57. The second kappa shape index (κ2) is 7.14. The molecule has 0 radical (unpaired) electrons. The number of para-hydroxylation sites is 1. The Morgan fingerprint density at radius 2 is 2.08 bits per heavy atom. The van der Waals surface area contributed by atoms with Crippen LogP contribution in [0.15, 0.2) is 34.1 Å². The molecule has 0 aliphatic carbocycles. The van der Waals surface area contributed by atoms with Gasteiger partial charge in [0.25, 0.3) is 5.91 Å². The number of benzene rings is 1. The Labute approximate surface area is 150 Å². The van der Waals surface area contributed by atoms with Crippen molar-refractivity contribution in [2.24, 2.45) is 0 Å². The van der Waals surface area contributed by atoms with Crippen LogP contribution in [-0.4, -0.2) is 30.7 Å². The molecule has 0 spiro atoms. The topological polar surface area (TPSA) is 84.5 Å². The third kappa shape index (κ3) is 3.65. The number of ketones is 1. The van der Waals surface area contributed by atoms with Gasteiger partial charge in [0.2, 0.25) is 5.91 Å². The molecule has 0 saturated carbocycles. The minimum absolute atomic E-state index is 0.0103. The Hall–Kier alpha value is -2.19. The molecule has 0 atom stereocenters. The van der Waals surface area contributed by atoms with Gasteiger partial charge in [-0.3, -0.25) is 14.4 Å². The Kier molecular flexibility index (Phi) is 4.96. The number of thiophene rings is 1. The summed E-state index contributed by atoms with van der Waals surface area (Å²) in [5, 5.41) is 5.22. The first kappa shape index (κ1) is 16.7. The third-order valence-electron chi connectivity index (χ3n) is 3.37. The van der Waals surface area contributed by atoms with E-state index >= 15 is 0 Å². The van der Waals surface area contributed by atoms with Crippen LogP contribution < -0.4 is 15.4 Å². The second-order valence-corrected chi connectivity index (χ2v) is 7.50. The number of carbonyl (C=O) groups excluding carboxylic acids is 3. The lowest BCUT2D eigenvalue weighted by Crippen LogP contribution is -2.32. The van der Waals surface area contributed by atoms with Crippen molar-refractivity contribution in [2.45, 2.75) is 6.42 Å². The molecular formula is C16H13BrN2O4S. The highest BCUT2D eigenvalue weighted by Gasteiger charge is 2.22. The zero-order chi connectivity index (χ0) is 17.1. The number of hydrogen-bond acceptors (Lipinski definition) is 5. The van der Waals surface area contributed by atoms with E-state index in [-0.39, 0.29) is 18.2 Å². The Bertz CT molecular complexity index is 818. The molecule has 2 amide bonds. The Morgan fingerprint density at radius 3 is 2.83 bits per heavy atom. The predicted molar refractivity (Wildman–Crippen MR) is 93.9 cm³/mol. The molecule has 1 aliphatic heterocycles. The fourth-order valence-electron chi connectivity index (χ4n) is 2.27. The number of Topliss-reactive ketones (excluding diaryl/α,β-unsaturated/α-hetero) is 1. The summed E-state index contributed by atoms with van der Waals surface area (Å²) in [5.41, 5.74) is 0.894. The van der Waals surface area contributed by atoms with Crippen LogP contribution in [0.3, 0.4) is 0 Å². The van der Waals surface area contributed by atoms with E-state index in [1.807, 2.05) is 0 Å². The predicted octanol–water partition coefficient (Wildman–Crippen LogP) is 2.84. The van der Waals surface area contributed by atoms with E-state index in [0.717, 1.165) is 3.79 Å². The molecule has 0 unspecified atom stereocenters. The standard InChI is InChI=1S/C16H13BrN2O4S/c17-13-5-4-12(24-13)16(22)18-8-14(21)19-10-3-1-2-9-11(20)6-7-23-15(9)10/h1-5H,6-8H2,(H,18,22)(H,19,21). The molecule has 0 saturated heterocycles. The number of hydrogen-bond donors (Lipinski definition) is 2. The maximum Gasteiger partial charge on any atom is 0.261 e. The van der Waals surface area contributed by atoms with E-state index in [4.69, 9.17) is 4.74 Å². The van der Waals surface area contributed by atoms with Crippen molar-refractivity contribution in [3.05, 3.63) is 44.6 Å². The first-order valence-corrected chi connectivity index (χ1v) is 8.78. The summed E-state index contributed by atoms with van der Waals surface area (Å²) in [5.74, 6) is -0.337. The quantitative estimate of drug-likeness (QED) is 0.814. The van der Waals surface area contributed by atoms with Crippen molar-refractivity contribution in [2.75, 3.05) is 18.5 Å². The van der Waals surface area contributed by atoms with Crippen LogP contribution in [0.1, 0.15) is 26.5 Å². The van der Waals surface area contributed by atoms with Crippen LogP contribution in [0.4, 0.5) is 5.69 Å². The van der Waals surface area contributed by atoms with Crippen LogP contribution in [0.5, 0.6) is 5.75 Å². The lowest BCUT2D eigenvalue weighted by molar-refractivity contribution is -0.115. The molecular weight excluding hydrogens is 396 g/mol. The van der Waals surface area contributed by atoms with Crippen molar-refractivity contribution in [3.8, 4) is 5.75 Å². The van der Waals surface area contributed by atoms with Gasteiger partial charge >= 0.3 is 0 Å². The number of amides is 2. The molecule has 1 aromatic heterocycles. The van der Waals surface area contributed by atoms with Crippen molar-refractivity contribution in [3.63, 3.8) is 0 Å². The van der Waals surface area contributed by atoms with Crippen LogP contribution in [0.2, 0.25) is 0 Å². The lowest BCUT2D eigenvalue weighted by atomic mass is 10.0. The highest BCUT2D eigenvalue weighted by atomic mass is 79.9. The lowest BCUT2D eigenvalue weighted by Gasteiger charge is -2.19. The number of carbonyl (C=O) groups is 3. The fourth-order valence-corrected chi connectivity index (χ4v) is 3.57. The molecule has 0 bridgehead atoms. The van der Waals surface area contributed by atoms with E-state index in [9.17, 15) is 14.4 Å². The summed E-state index contributed by atoms with van der Waals surface area (Å²) in [6, 6.07) is 8.46. The zero-order valence-corrected chi connectivity index (χ0v) is 14.8. The van der Waals surface area contributed by atoms with Gasteiger partial charge in [0, 0.05) is 6.42 Å². The van der Waals surface area contributed by atoms with Gasteiger partial charge in [-0.15, -0.1) is 11.3 Å². The number of halogens is 1. The first-order chi connectivity index (χ1) is 11.5. The van der Waals surface area contributed by atoms with Gasteiger partial charge in [0.15, 0.2) is 11.5 Å². The molecule has 124 valence electrons. The fraction of sp³-hybridized carbons (Fsp3) is 0.188. The molecule has 6 nitrogen and oxygen atoms in total. The van der Waals surface area contributed by atoms with Gasteiger partial charge < -0.3 is 15.4 Å². The van der Waals surface area contributed by atoms with Crippen LogP contribution in [-0.2, 0) is 4.79 Å². The molecule has 2 heterocycles. The Morgan fingerprint density at radius 1 is 1.25 bits per heavy atom. The summed E-state index contributed by atoms with van der Waals surface area (Å²) in [4.78, 5) is 36.3. The van der Waals surface area contributed by atoms with E-state index in [0.29, 0.717) is 34.9 Å². The van der Waals surface area contributed by atoms with Gasteiger partial charge in [0.05, 0.1) is 33.1 Å². The van der Waals surface area contributed by atoms with Crippen molar-refractivity contribution >= 4 is 50.6 Å². The van der Waals surface area contributed by atoms with Crippen molar-refractivity contribution < 1.29 is 19.1 Å². The summed E-state index contributed by atoms with van der Waals surface area (Å²) in [6.45, 7) is 0.120. The highest BCUT2D eigenvalue weighted by molar-refractivity contribution is 9.11. The van der Waals surface area contributed by atoms with E-state index < -0.39 is 5.91 Å². The summed E-state index contributed by atoms with van der Waals surface area (Å²) < 4.78 is 6.34. The normalized spacial score (nSPS) is 13.0. The molecule has 2 N–H and O–H groups in total. The number of fused-ring (bicyclic) bond motifs is 1. The molecule has 2 aromatic rings. The van der Waals surface area contributed by atoms with Crippen LogP contribution >= 0.6 is 27.3 Å². The van der Waals surface area contributed by atoms with Gasteiger partial charge in [-0.2, -0.15) is 0 Å². The van der Waals surface area contributed by atoms with Crippen molar-refractivity contribution in [1.29, 1.82) is 0 Å². The number of rotatable bonds is 4. The average molecular weight is 409 g/mol. The average Bonchev–Trinajstić information content (AvgIpc) is 3.00. The largest absolute Gasteiger partial charge is 0.490 e. The van der Waals surface area contributed by atoms with Crippen LogP contribution in [0.25, 0.3) is 0 Å². The minimum atomic E-state index is -0.394. The summed E-state index contributed by atoms with van der Waals surface area (Å²) in [6.07, 6.45) is 0.330. The van der Waals surface area contributed by atoms with E-state index in [2.05, 4.69) is 26.6 Å². The third-order valence-corrected chi connectivity index (χ3v) is 4.99. The van der Waals surface area contributed by atoms with Gasteiger partial charge in [0.1, 0.15) is 0 Å². The second-order valence-electron chi connectivity index (χ2n) is 5.04. The minimum Gasteiger partial charge on any atom is -0.490 e. The molecule has 1 aliphatic rings. The molecule has 24 heavy (non-hydrogen) atoms. The Balaban J connectivity index is 1.62. The molecule has 3 rings (SSSR count). The van der Waals surface area contributed by atoms with Gasteiger partial charge in [-0.05, 0) is 40.2 Å².